The Balaban J connectivity index is 1.92. The molecule has 1 heterocycles. The molecule has 1 aromatic carbocycles. The molecule has 136 valence electrons. The van der Waals surface area contributed by atoms with Crippen molar-refractivity contribution in [3.05, 3.63) is 30.3 Å². The minimum Gasteiger partial charge on any atom is -0.466 e. The van der Waals surface area contributed by atoms with E-state index in [0.29, 0.717) is 5.69 Å². The van der Waals surface area contributed by atoms with Gasteiger partial charge in [-0.25, -0.2) is 8.42 Å². The molecule has 2 rings (SSSR count). The van der Waals surface area contributed by atoms with E-state index in [9.17, 15) is 18.0 Å². The Morgan fingerprint density at radius 3 is 2.56 bits per heavy atom. The van der Waals surface area contributed by atoms with Crippen molar-refractivity contribution < 1.29 is 22.7 Å². The highest BCUT2D eigenvalue weighted by atomic mass is 32.2. The van der Waals surface area contributed by atoms with Gasteiger partial charge in [0.25, 0.3) is 5.91 Å². The van der Waals surface area contributed by atoms with Crippen LogP contribution in [0.2, 0.25) is 0 Å². The van der Waals surface area contributed by atoms with E-state index in [4.69, 9.17) is 17.0 Å². The molecule has 1 aliphatic rings. The van der Waals surface area contributed by atoms with Crippen LogP contribution in [-0.4, -0.2) is 61.5 Å². The number of carbonyl (C=O) groups is 2. The van der Waals surface area contributed by atoms with Crippen molar-refractivity contribution in [3.8, 4) is 0 Å². The van der Waals surface area contributed by atoms with E-state index in [1.165, 1.54) is 4.90 Å². The molecule has 1 saturated heterocycles. The number of hydrogen-bond acceptors (Lipinski definition) is 6. The van der Waals surface area contributed by atoms with Crippen LogP contribution in [0.15, 0.2) is 30.3 Å². The normalized spacial score (nSPS) is 14.9. The molecule has 0 spiro atoms. The summed E-state index contributed by atoms with van der Waals surface area (Å²) in [6.07, 6.45) is -0.171. The molecule has 0 aliphatic carbocycles. The number of carbonyl (C=O) groups excluding carboxylic acids is 2. The lowest BCUT2D eigenvalue weighted by Gasteiger charge is -2.20. The number of thiocarbonyl (C=S) groups is 1. The van der Waals surface area contributed by atoms with Crippen molar-refractivity contribution in [1.29, 1.82) is 0 Å². The van der Waals surface area contributed by atoms with Crippen LogP contribution in [0.5, 0.6) is 0 Å². The van der Waals surface area contributed by atoms with Crippen LogP contribution in [0.3, 0.4) is 0 Å². The Labute approximate surface area is 152 Å². The fourth-order valence-corrected chi connectivity index (χ4v) is 3.92. The predicted octanol–water partition coefficient (Wildman–Crippen LogP) is 0.988. The number of nitrogens with zero attached hydrogens (tertiary/aromatic N) is 2. The Morgan fingerprint density at radius 1 is 1.24 bits per heavy atom. The monoisotopic (exact) mass is 384 g/mol. The molecular formula is C16H20N2O5S2. The van der Waals surface area contributed by atoms with Crippen LogP contribution in [0.4, 0.5) is 5.69 Å². The summed E-state index contributed by atoms with van der Waals surface area (Å²) in [4.78, 5) is 26.4. The van der Waals surface area contributed by atoms with E-state index in [1.807, 2.05) is 6.07 Å². The van der Waals surface area contributed by atoms with Crippen LogP contribution >= 0.6 is 12.2 Å². The molecule has 0 atom stereocenters. The second-order valence-corrected chi connectivity index (χ2v) is 8.14. The van der Waals surface area contributed by atoms with Crippen LogP contribution in [0.1, 0.15) is 13.3 Å². The average molecular weight is 384 g/mol. The molecule has 0 unspecified atom stereocenters. The summed E-state index contributed by atoms with van der Waals surface area (Å²) >= 11 is 5.31. The molecule has 0 N–H and O–H groups in total. The van der Waals surface area contributed by atoms with Gasteiger partial charge in [-0.15, -0.1) is 0 Å². The highest BCUT2D eigenvalue weighted by molar-refractivity contribution is 7.91. The van der Waals surface area contributed by atoms with Crippen molar-refractivity contribution in [2.45, 2.75) is 13.3 Å². The zero-order valence-corrected chi connectivity index (χ0v) is 15.5. The van der Waals surface area contributed by atoms with Crippen molar-refractivity contribution >= 4 is 44.7 Å². The summed E-state index contributed by atoms with van der Waals surface area (Å²) in [5.74, 6) is -1.18. The summed E-state index contributed by atoms with van der Waals surface area (Å²) in [6, 6.07) is 8.97. The minimum atomic E-state index is -3.44. The summed E-state index contributed by atoms with van der Waals surface area (Å²) in [5.41, 5.74) is 0.658. The summed E-state index contributed by atoms with van der Waals surface area (Å²) in [5, 5.41) is 0.289. The van der Waals surface area contributed by atoms with Gasteiger partial charge in [-0.3, -0.25) is 14.5 Å². The first-order valence-electron chi connectivity index (χ1n) is 7.87. The van der Waals surface area contributed by atoms with Crippen molar-refractivity contribution in [1.82, 2.24) is 4.90 Å². The van der Waals surface area contributed by atoms with E-state index in [2.05, 4.69) is 0 Å². The lowest BCUT2D eigenvalue weighted by Crippen LogP contribution is -2.35. The Kier molecular flexibility index (Phi) is 6.49. The summed E-state index contributed by atoms with van der Waals surface area (Å²) in [6.45, 7) is 2.04. The molecule has 0 aromatic heterocycles. The second-order valence-electron chi connectivity index (χ2n) is 5.48. The fourth-order valence-electron chi connectivity index (χ4n) is 2.38. The largest absolute Gasteiger partial charge is 0.466 e. The number of sulfone groups is 1. The van der Waals surface area contributed by atoms with Gasteiger partial charge in [0.1, 0.15) is 6.54 Å². The maximum Gasteiger partial charge on any atom is 0.306 e. The van der Waals surface area contributed by atoms with Crippen LogP contribution < -0.4 is 4.90 Å². The molecule has 0 radical (unpaired) electrons. The lowest BCUT2D eigenvalue weighted by molar-refractivity contribution is -0.142. The van der Waals surface area contributed by atoms with E-state index in [1.54, 1.807) is 36.1 Å². The number of esters is 1. The Bertz CT molecular complexity index is 749. The summed E-state index contributed by atoms with van der Waals surface area (Å²) < 4.78 is 28.8. The predicted molar refractivity (Wildman–Crippen MR) is 98.0 cm³/mol. The zero-order chi connectivity index (χ0) is 18.4. The Morgan fingerprint density at radius 2 is 1.92 bits per heavy atom. The van der Waals surface area contributed by atoms with Gasteiger partial charge in [0.05, 0.1) is 30.2 Å². The molecule has 1 aromatic rings. The highest BCUT2D eigenvalue weighted by Gasteiger charge is 2.34. The number of ether oxygens (including phenoxy) is 1. The number of benzene rings is 1. The van der Waals surface area contributed by atoms with Gasteiger partial charge in [0.15, 0.2) is 14.9 Å². The van der Waals surface area contributed by atoms with E-state index < -0.39 is 15.8 Å². The SMILES string of the molecule is CCOC(=O)CCS(=O)(=O)CCN1CC(=O)N(c2ccccc2)C1=S. The molecule has 0 saturated carbocycles. The van der Waals surface area contributed by atoms with Gasteiger partial charge in [0.2, 0.25) is 0 Å². The first-order chi connectivity index (χ1) is 11.8. The third kappa shape index (κ3) is 5.23. The molecule has 1 aliphatic heterocycles. The second kappa shape index (κ2) is 8.39. The van der Waals surface area contributed by atoms with Crippen molar-refractivity contribution in [2.24, 2.45) is 0 Å². The topological polar surface area (TPSA) is 84.0 Å². The first kappa shape index (κ1) is 19.3. The third-order valence-electron chi connectivity index (χ3n) is 3.65. The molecule has 7 nitrogen and oxygen atoms in total. The fraction of sp³-hybridized carbons (Fsp3) is 0.438. The lowest BCUT2D eigenvalue weighted by atomic mass is 10.3. The van der Waals surface area contributed by atoms with E-state index in [0.717, 1.165) is 0 Å². The molecule has 9 heteroatoms. The standard InChI is InChI=1S/C16H20N2O5S2/c1-2-23-15(20)8-10-25(21,22)11-9-17-12-14(19)18(16(17)24)13-6-4-3-5-7-13/h3-7H,2,8-12H2,1H3. The molecule has 1 amide bonds. The van der Waals surface area contributed by atoms with Crippen molar-refractivity contribution in [2.75, 3.05) is 36.1 Å². The van der Waals surface area contributed by atoms with Gasteiger partial charge in [-0.1, -0.05) is 18.2 Å². The number of amides is 1. The van der Waals surface area contributed by atoms with Gasteiger partial charge in [0, 0.05) is 6.54 Å². The highest BCUT2D eigenvalue weighted by Crippen LogP contribution is 2.21. The number of rotatable bonds is 8. The van der Waals surface area contributed by atoms with Gasteiger partial charge < -0.3 is 9.64 Å². The van der Waals surface area contributed by atoms with Gasteiger partial charge in [-0.05, 0) is 31.3 Å². The molecule has 25 heavy (non-hydrogen) atoms. The summed E-state index contributed by atoms with van der Waals surface area (Å²) in [7, 11) is -3.44. The maximum absolute atomic E-state index is 12.2. The smallest absolute Gasteiger partial charge is 0.306 e. The quantitative estimate of drug-likeness (QED) is 0.488. The van der Waals surface area contributed by atoms with Gasteiger partial charge >= 0.3 is 5.97 Å². The minimum absolute atomic E-state index is 0.0428. The van der Waals surface area contributed by atoms with E-state index in [-0.39, 0.29) is 48.6 Å². The number of para-hydroxylation sites is 1. The third-order valence-corrected chi connectivity index (χ3v) is 5.72. The van der Waals surface area contributed by atoms with Crippen LogP contribution in [0, 0.1) is 0 Å². The van der Waals surface area contributed by atoms with Crippen LogP contribution in [0.25, 0.3) is 0 Å². The molecule has 1 fully saturated rings. The average Bonchev–Trinajstić information content (AvgIpc) is 2.86. The van der Waals surface area contributed by atoms with Gasteiger partial charge in [-0.2, -0.15) is 0 Å². The van der Waals surface area contributed by atoms with Crippen molar-refractivity contribution in [3.63, 3.8) is 0 Å². The molecular weight excluding hydrogens is 364 g/mol. The number of hydrogen-bond donors (Lipinski definition) is 0. The first-order valence-corrected chi connectivity index (χ1v) is 10.1. The zero-order valence-electron chi connectivity index (χ0n) is 13.9. The Hall–Kier alpha value is -2.00. The maximum atomic E-state index is 12.2. The van der Waals surface area contributed by atoms with Crippen LogP contribution in [-0.2, 0) is 24.2 Å². The molecule has 0 bridgehead atoms. The number of anilines is 1. The van der Waals surface area contributed by atoms with E-state index >= 15 is 0 Å².